The summed E-state index contributed by atoms with van der Waals surface area (Å²) in [6.45, 7) is 0. The summed E-state index contributed by atoms with van der Waals surface area (Å²) in [6.07, 6.45) is 6.31. The fraction of sp³-hybridized carbons (Fsp3) is 0.625. The lowest BCUT2D eigenvalue weighted by molar-refractivity contribution is 0.696. The molecule has 2 aliphatic carbocycles. The second-order valence-electron chi connectivity index (χ2n) is 3.25. The average Bonchev–Trinajstić information content (AvgIpc) is 2.60. The lowest BCUT2D eigenvalue weighted by Crippen LogP contribution is -2.19. The number of rotatable bonds is 0. The number of hydrogen-bond donors (Lipinski definition) is 0. The highest BCUT2D eigenvalue weighted by Gasteiger charge is 2.47. The molecular formula is C8H9S2. The van der Waals surface area contributed by atoms with E-state index in [2.05, 4.69) is 40.8 Å². The predicted octanol–water partition coefficient (Wildman–Crippen LogP) is 2.53. The van der Waals surface area contributed by atoms with E-state index >= 15 is 0 Å². The molecule has 10 heavy (non-hydrogen) atoms. The van der Waals surface area contributed by atoms with Crippen LogP contribution in [0.5, 0.6) is 0 Å². The highest BCUT2D eigenvalue weighted by Crippen LogP contribution is 2.57. The van der Waals surface area contributed by atoms with Crippen LogP contribution < -0.4 is 0 Å². The Morgan fingerprint density at radius 3 is 2.20 bits per heavy atom. The average molecular weight is 169 g/mol. The Bertz CT molecular complexity index is 170. The smallest absolute Gasteiger partial charge is 0.0719 e. The number of fused-ring (bicyclic) bond motifs is 5. The molecule has 0 spiro atoms. The molecule has 3 rings (SSSR count). The van der Waals surface area contributed by atoms with Gasteiger partial charge in [0, 0.05) is 10.5 Å². The van der Waals surface area contributed by atoms with Crippen LogP contribution in [0, 0.1) is 16.9 Å². The van der Waals surface area contributed by atoms with E-state index in [0.717, 1.165) is 22.3 Å². The van der Waals surface area contributed by atoms with Gasteiger partial charge in [0.1, 0.15) is 0 Å². The van der Waals surface area contributed by atoms with Crippen molar-refractivity contribution in [2.45, 2.75) is 16.9 Å². The molecule has 0 amide bonds. The monoisotopic (exact) mass is 169 g/mol. The van der Waals surface area contributed by atoms with Gasteiger partial charge in [-0.3, -0.25) is 0 Å². The Hall–Kier alpha value is 0.440. The Morgan fingerprint density at radius 1 is 1.00 bits per heavy atom. The summed E-state index contributed by atoms with van der Waals surface area (Å²) >= 11 is 4.13. The molecule has 2 heteroatoms. The first-order valence-electron chi connectivity index (χ1n) is 3.76. The van der Waals surface area contributed by atoms with E-state index in [1.165, 1.54) is 6.42 Å². The molecule has 0 aromatic heterocycles. The molecule has 1 heterocycles. The molecule has 2 bridgehead atoms. The molecule has 1 aliphatic heterocycles. The third-order valence-electron chi connectivity index (χ3n) is 2.74. The van der Waals surface area contributed by atoms with Crippen LogP contribution >= 0.6 is 23.5 Å². The Balaban J connectivity index is 1.99. The standard InChI is InChI=1S/C8H9S2/c1-2-6-3-5(1)7-8(6)10-4-9-7/h1-2,4-8H,3H2. The Kier molecular flexibility index (Phi) is 1.19. The minimum absolute atomic E-state index is 0.922. The van der Waals surface area contributed by atoms with E-state index in [4.69, 9.17) is 0 Å². The van der Waals surface area contributed by atoms with E-state index in [1.807, 2.05) is 0 Å². The molecule has 53 valence electrons. The summed E-state index contributed by atoms with van der Waals surface area (Å²) in [5, 5.41) is 4.22. The molecule has 2 fully saturated rings. The van der Waals surface area contributed by atoms with Crippen LogP contribution in [0.25, 0.3) is 0 Å². The molecule has 1 saturated heterocycles. The lowest BCUT2D eigenvalue weighted by Gasteiger charge is -2.17. The van der Waals surface area contributed by atoms with Crippen molar-refractivity contribution in [3.8, 4) is 0 Å². The number of allylic oxidation sites excluding steroid dienone is 2. The summed E-state index contributed by atoms with van der Waals surface area (Å²) in [5.74, 6) is 1.84. The van der Waals surface area contributed by atoms with Gasteiger partial charge in [0.15, 0.2) is 0 Å². The first-order valence-corrected chi connectivity index (χ1v) is 5.64. The fourth-order valence-electron chi connectivity index (χ4n) is 2.25. The van der Waals surface area contributed by atoms with E-state index in [1.54, 1.807) is 0 Å². The molecule has 4 atom stereocenters. The van der Waals surface area contributed by atoms with Gasteiger partial charge in [0.2, 0.25) is 0 Å². The van der Waals surface area contributed by atoms with Crippen molar-refractivity contribution in [3.63, 3.8) is 0 Å². The van der Waals surface area contributed by atoms with Crippen LogP contribution in [0.15, 0.2) is 12.2 Å². The topological polar surface area (TPSA) is 0 Å². The van der Waals surface area contributed by atoms with Crippen molar-refractivity contribution in [1.82, 2.24) is 0 Å². The van der Waals surface area contributed by atoms with Crippen LogP contribution in [-0.4, -0.2) is 10.5 Å². The van der Waals surface area contributed by atoms with Crippen molar-refractivity contribution in [1.29, 1.82) is 0 Å². The van der Waals surface area contributed by atoms with Crippen molar-refractivity contribution in [3.05, 3.63) is 17.2 Å². The SMILES string of the molecule is [CH]1SC2C3C=CC(C3)C2S1. The molecule has 0 N–H and O–H groups in total. The lowest BCUT2D eigenvalue weighted by atomic mass is 10.1. The number of thioether (sulfide) groups is 2. The van der Waals surface area contributed by atoms with Gasteiger partial charge < -0.3 is 0 Å². The largest absolute Gasteiger partial charge is 0.140 e. The molecule has 1 saturated carbocycles. The van der Waals surface area contributed by atoms with Crippen molar-refractivity contribution in [2.24, 2.45) is 11.8 Å². The van der Waals surface area contributed by atoms with Gasteiger partial charge >= 0.3 is 0 Å². The second-order valence-corrected chi connectivity index (χ2v) is 5.65. The first kappa shape index (κ1) is 6.01. The second kappa shape index (κ2) is 1.98. The summed E-state index contributed by atoms with van der Waals surface area (Å²) < 4.78 is 0. The van der Waals surface area contributed by atoms with Crippen molar-refractivity contribution < 1.29 is 0 Å². The van der Waals surface area contributed by atoms with Crippen molar-refractivity contribution >= 4 is 23.5 Å². The molecule has 4 unspecified atom stereocenters. The summed E-state index contributed by atoms with van der Waals surface area (Å²) in [7, 11) is 0. The maximum absolute atomic E-state index is 2.43. The van der Waals surface area contributed by atoms with Gasteiger partial charge in [0.05, 0.1) is 5.08 Å². The fourth-order valence-corrected chi connectivity index (χ4v) is 5.44. The first-order chi connectivity index (χ1) is 4.95. The highest BCUT2D eigenvalue weighted by molar-refractivity contribution is 8.23. The molecule has 0 nitrogen and oxygen atoms in total. The van der Waals surface area contributed by atoms with Gasteiger partial charge in [-0.05, 0) is 18.3 Å². The van der Waals surface area contributed by atoms with Crippen LogP contribution in [0.3, 0.4) is 0 Å². The Labute approximate surface area is 69.8 Å². The minimum Gasteiger partial charge on any atom is -0.140 e. The van der Waals surface area contributed by atoms with Crippen LogP contribution in [0.1, 0.15) is 6.42 Å². The maximum Gasteiger partial charge on any atom is 0.0719 e. The molecule has 0 aromatic rings. The zero-order valence-corrected chi connectivity index (χ0v) is 7.20. The van der Waals surface area contributed by atoms with E-state index in [0.29, 0.717) is 0 Å². The van der Waals surface area contributed by atoms with Crippen molar-refractivity contribution in [2.75, 3.05) is 0 Å². The van der Waals surface area contributed by atoms with Gasteiger partial charge in [0.25, 0.3) is 0 Å². The molecule has 1 radical (unpaired) electrons. The quantitative estimate of drug-likeness (QED) is 0.511. The summed E-state index contributed by atoms with van der Waals surface area (Å²) in [6, 6.07) is 0. The molecule has 3 aliphatic rings. The number of hydrogen-bond acceptors (Lipinski definition) is 2. The zero-order chi connectivity index (χ0) is 6.55. The van der Waals surface area contributed by atoms with Crippen LogP contribution in [-0.2, 0) is 0 Å². The Morgan fingerprint density at radius 2 is 1.60 bits per heavy atom. The van der Waals surface area contributed by atoms with Gasteiger partial charge in [-0.25, -0.2) is 0 Å². The zero-order valence-electron chi connectivity index (χ0n) is 5.57. The minimum atomic E-state index is 0.922. The van der Waals surface area contributed by atoms with Gasteiger partial charge in [-0.15, -0.1) is 23.5 Å². The normalized spacial score (nSPS) is 56.0. The highest BCUT2D eigenvalue weighted by atomic mass is 32.2. The van der Waals surface area contributed by atoms with Crippen LogP contribution in [0.2, 0.25) is 0 Å². The van der Waals surface area contributed by atoms with Gasteiger partial charge in [-0.1, -0.05) is 12.2 Å². The third-order valence-corrected chi connectivity index (χ3v) is 5.72. The third kappa shape index (κ3) is 0.620. The van der Waals surface area contributed by atoms with Crippen LogP contribution in [0.4, 0.5) is 0 Å². The van der Waals surface area contributed by atoms with E-state index < -0.39 is 0 Å². The maximum atomic E-state index is 2.43. The van der Waals surface area contributed by atoms with Gasteiger partial charge in [-0.2, -0.15) is 0 Å². The van der Waals surface area contributed by atoms with E-state index in [-0.39, 0.29) is 0 Å². The molecular weight excluding hydrogens is 160 g/mol. The van der Waals surface area contributed by atoms with E-state index in [9.17, 15) is 0 Å². The summed E-state index contributed by atoms with van der Waals surface area (Å²) in [5.41, 5.74) is 0. The molecule has 0 aromatic carbocycles. The predicted molar refractivity (Wildman–Crippen MR) is 47.8 cm³/mol. The summed E-state index contributed by atoms with van der Waals surface area (Å²) in [4.78, 5) is 0.